The Kier molecular flexibility index (Phi) is 5.37. The average molecular weight is 234 g/mol. The maximum Gasteiger partial charge on any atom is 0.223 e. The minimum atomic E-state index is -0.417. The lowest BCUT2D eigenvalue weighted by Crippen LogP contribution is -2.28. The molecule has 0 saturated carbocycles. The topological polar surface area (TPSA) is 81.8 Å². The lowest BCUT2D eigenvalue weighted by atomic mass is 9.97. The van der Waals surface area contributed by atoms with Crippen LogP contribution in [-0.4, -0.2) is 27.7 Å². The number of anilines is 1. The number of hydrogen-bond acceptors (Lipinski definition) is 5. The summed E-state index contributed by atoms with van der Waals surface area (Å²) in [4.78, 5) is 7.97. The minimum absolute atomic E-state index is 0.279. The molecule has 2 N–H and O–H groups in total. The second-order valence-corrected chi connectivity index (χ2v) is 3.90. The summed E-state index contributed by atoms with van der Waals surface area (Å²) in [6.45, 7) is 4.52. The molecule has 92 valence electrons. The molecular weight excluding hydrogens is 216 g/mol. The van der Waals surface area contributed by atoms with E-state index in [1.807, 2.05) is 6.07 Å². The van der Waals surface area contributed by atoms with Crippen molar-refractivity contribution < 1.29 is 5.11 Å². The summed E-state index contributed by atoms with van der Waals surface area (Å²) in [7, 11) is 0. The molecule has 0 aromatic carbocycles. The predicted octanol–water partition coefficient (Wildman–Crippen LogP) is 1.56. The van der Waals surface area contributed by atoms with Gasteiger partial charge in [-0.05, 0) is 12.0 Å². The lowest BCUT2D eigenvalue weighted by Gasteiger charge is -2.20. The van der Waals surface area contributed by atoms with Crippen LogP contribution in [0, 0.1) is 17.2 Å². The molecule has 5 heteroatoms. The maximum atomic E-state index is 9.91. The van der Waals surface area contributed by atoms with E-state index in [0.717, 1.165) is 12.8 Å². The Balaban J connectivity index is 2.52. The van der Waals surface area contributed by atoms with Crippen LogP contribution >= 0.6 is 0 Å². The fourth-order valence-corrected chi connectivity index (χ4v) is 1.70. The molecule has 1 atom stereocenters. The van der Waals surface area contributed by atoms with Crippen LogP contribution in [0.3, 0.4) is 0 Å². The third-order valence-electron chi connectivity index (χ3n) is 2.83. The summed E-state index contributed by atoms with van der Waals surface area (Å²) in [5.41, 5.74) is 0.319. The largest absolute Gasteiger partial charge is 0.391 e. The van der Waals surface area contributed by atoms with Crippen molar-refractivity contribution in [1.82, 2.24) is 9.97 Å². The van der Waals surface area contributed by atoms with Crippen molar-refractivity contribution in [1.29, 1.82) is 5.26 Å². The molecule has 1 heterocycles. The van der Waals surface area contributed by atoms with Gasteiger partial charge in [0.1, 0.15) is 11.8 Å². The zero-order valence-electron chi connectivity index (χ0n) is 10.2. The van der Waals surface area contributed by atoms with Crippen molar-refractivity contribution in [2.45, 2.75) is 32.8 Å². The molecule has 0 fully saturated rings. The molecule has 1 unspecified atom stereocenters. The Morgan fingerprint density at radius 3 is 2.76 bits per heavy atom. The third-order valence-corrected chi connectivity index (χ3v) is 2.83. The predicted molar refractivity (Wildman–Crippen MR) is 65.3 cm³/mol. The number of nitrogens with zero attached hydrogens (tertiary/aromatic N) is 3. The Bertz CT molecular complexity index is 384. The smallest absolute Gasteiger partial charge is 0.223 e. The van der Waals surface area contributed by atoms with Gasteiger partial charge < -0.3 is 10.4 Å². The molecule has 1 rings (SSSR count). The molecule has 0 aliphatic rings. The van der Waals surface area contributed by atoms with Gasteiger partial charge in [-0.3, -0.25) is 0 Å². The van der Waals surface area contributed by atoms with Gasteiger partial charge in [-0.25, -0.2) is 9.97 Å². The second kappa shape index (κ2) is 6.81. The van der Waals surface area contributed by atoms with Gasteiger partial charge in [-0.2, -0.15) is 5.26 Å². The number of hydrogen-bond donors (Lipinski definition) is 2. The summed E-state index contributed by atoms with van der Waals surface area (Å²) in [6, 6.07) is 3.49. The first-order chi connectivity index (χ1) is 8.21. The van der Waals surface area contributed by atoms with Crippen LogP contribution in [0.15, 0.2) is 12.3 Å². The van der Waals surface area contributed by atoms with Crippen LogP contribution in [0.1, 0.15) is 32.4 Å². The van der Waals surface area contributed by atoms with Crippen LogP contribution in [0.25, 0.3) is 0 Å². The van der Waals surface area contributed by atoms with E-state index in [4.69, 9.17) is 5.26 Å². The normalized spacial score (nSPS) is 12.2. The van der Waals surface area contributed by atoms with Gasteiger partial charge in [0, 0.05) is 12.7 Å². The van der Waals surface area contributed by atoms with E-state index < -0.39 is 6.10 Å². The van der Waals surface area contributed by atoms with Gasteiger partial charge >= 0.3 is 0 Å². The van der Waals surface area contributed by atoms with Crippen molar-refractivity contribution in [2.24, 2.45) is 5.92 Å². The number of aromatic nitrogens is 2. The van der Waals surface area contributed by atoms with Gasteiger partial charge in [0.25, 0.3) is 0 Å². The Labute approximate surface area is 102 Å². The standard InChI is InChI=1S/C12H18N4O/c1-3-9(4-2)11(17)8-15-12-14-6-5-10(7-13)16-12/h5-6,9,11,17H,3-4,8H2,1-2H3,(H,14,15,16). The van der Waals surface area contributed by atoms with E-state index in [1.54, 1.807) is 6.07 Å². The van der Waals surface area contributed by atoms with Crippen molar-refractivity contribution >= 4 is 5.95 Å². The zero-order chi connectivity index (χ0) is 12.7. The number of nitriles is 1. The molecule has 0 aliphatic carbocycles. The Morgan fingerprint density at radius 2 is 2.18 bits per heavy atom. The summed E-state index contributed by atoms with van der Waals surface area (Å²) in [5, 5.41) is 21.5. The first kappa shape index (κ1) is 13.4. The molecule has 0 spiro atoms. The van der Waals surface area contributed by atoms with Gasteiger partial charge in [0.2, 0.25) is 5.95 Å². The van der Waals surface area contributed by atoms with E-state index in [-0.39, 0.29) is 5.92 Å². The quantitative estimate of drug-likeness (QED) is 0.780. The van der Waals surface area contributed by atoms with Gasteiger partial charge in [0.05, 0.1) is 6.10 Å². The Morgan fingerprint density at radius 1 is 1.47 bits per heavy atom. The van der Waals surface area contributed by atoms with Crippen LogP contribution in [0.2, 0.25) is 0 Å². The van der Waals surface area contributed by atoms with E-state index in [0.29, 0.717) is 18.2 Å². The van der Waals surface area contributed by atoms with E-state index in [1.165, 1.54) is 6.20 Å². The summed E-state index contributed by atoms with van der Waals surface area (Å²) < 4.78 is 0. The van der Waals surface area contributed by atoms with Crippen LogP contribution < -0.4 is 5.32 Å². The SMILES string of the molecule is CCC(CC)C(O)CNc1nccc(C#N)n1. The van der Waals surface area contributed by atoms with Gasteiger partial charge in [-0.1, -0.05) is 26.7 Å². The van der Waals surface area contributed by atoms with Crippen LogP contribution in [0.5, 0.6) is 0 Å². The fraction of sp³-hybridized carbons (Fsp3) is 0.583. The zero-order valence-corrected chi connectivity index (χ0v) is 10.2. The molecule has 0 aliphatic heterocycles. The summed E-state index contributed by atoms with van der Waals surface area (Å²) >= 11 is 0. The van der Waals surface area contributed by atoms with E-state index in [9.17, 15) is 5.11 Å². The highest BCUT2D eigenvalue weighted by molar-refractivity contribution is 5.30. The minimum Gasteiger partial charge on any atom is -0.391 e. The number of rotatable bonds is 6. The molecule has 0 bridgehead atoms. The first-order valence-corrected chi connectivity index (χ1v) is 5.86. The highest BCUT2D eigenvalue weighted by Gasteiger charge is 2.15. The molecule has 1 aromatic heterocycles. The van der Waals surface area contributed by atoms with Gasteiger partial charge in [0.15, 0.2) is 0 Å². The highest BCUT2D eigenvalue weighted by Crippen LogP contribution is 2.13. The van der Waals surface area contributed by atoms with Crippen molar-refractivity contribution in [3.8, 4) is 6.07 Å². The molecule has 17 heavy (non-hydrogen) atoms. The molecular formula is C12H18N4O. The van der Waals surface area contributed by atoms with Crippen LogP contribution in [0.4, 0.5) is 5.95 Å². The fourth-order valence-electron chi connectivity index (χ4n) is 1.70. The number of nitrogens with one attached hydrogen (secondary N) is 1. The van der Waals surface area contributed by atoms with Crippen molar-refractivity contribution in [2.75, 3.05) is 11.9 Å². The van der Waals surface area contributed by atoms with Crippen molar-refractivity contribution in [3.05, 3.63) is 18.0 Å². The van der Waals surface area contributed by atoms with E-state index in [2.05, 4.69) is 29.1 Å². The highest BCUT2D eigenvalue weighted by atomic mass is 16.3. The third kappa shape index (κ3) is 4.00. The van der Waals surface area contributed by atoms with Crippen molar-refractivity contribution in [3.63, 3.8) is 0 Å². The summed E-state index contributed by atoms with van der Waals surface area (Å²) in [6.07, 6.45) is 2.99. The van der Waals surface area contributed by atoms with Gasteiger partial charge in [-0.15, -0.1) is 0 Å². The summed E-state index contributed by atoms with van der Waals surface area (Å²) in [5.74, 6) is 0.663. The Hall–Kier alpha value is -1.67. The molecule has 0 saturated heterocycles. The molecule has 0 amide bonds. The molecule has 5 nitrogen and oxygen atoms in total. The maximum absolute atomic E-state index is 9.91. The number of aliphatic hydroxyl groups is 1. The molecule has 1 aromatic rings. The lowest BCUT2D eigenvalue weighted by molar-refractivity contribution is 0.114. The number of aliphatic hydroxyl groups excluding tert-OH is 1. The average Bonchev–Trinajstić information content (AvgIpc) is 2.38. The molecule has 0 radical (unpaired) electrons. The van der Waals surface area contributed by atoms with E-state index >= 15 is 0 Å². The second-order valence-electron chi connectivity index (χ2n) is 3.90. The van der Waals surface area contributed by atoms with Crippen LogP contribution in [-0.2, 0) is 0 Å². The first-order valence-electron chi connectivity index (χ1n) is 5.86. The monoisotopic (exact) mass is 234 g/mol.